The van der Waals surface area contributed by atoms with Crippen LogP contribution in [0.3, 0.4) is 0 Å². The fourth-order valence-corrected chi connectivity index (χ4v) is 3.41. The van der Waals surface area contributed by atoms with Crippen molar-refractivity contribution in [2.24, 2.45) is 0 Å². The van der Waals surface area contributed by atoms with Crippen LogP contribution < -0.4 is 10.6 Å². The standard InChI is InChI=1S/C20H20N2O2S/c23-19(13-16-7-3-6-15-5-1-2-9-18(15)16)22-14-20(24)21-11-10-17-8-4-12-25-17/h1-9,12H,10-11,13-14H2,(H,21,24)(H,22,23). The molecule has 0 unspecified atom stereocenters. The number of carbonyl (C=O) groups excluding carboxylic acids is 2. The largest absolute Gasteiger partial charge is 0.354 e. The number of nitrogens with one attached hydrogen (secondary N) is 2. The Morgan fingerprint density at radius 3 is 2.56 bits per heavy atom. The van der Waals surface area contributed by atoms with Crippen molar-refractivity contribution in [2.45, 2.75) is 12.8 Å². The molecule has 1 heterocycles. The number of hydrogen-bond acceptors (Lipinski definition) is 3. The Hall–Kier alpha value is -2.66. The van der Waals surface area contributed by atoms with Gasteiger partial charge in [-0.15, -0.1) is 11.3 Å². The third-order valence-electron chi connectivity index (χ3n) is 3.95. The molecular weight excluding hydrogens is 332 g/mol. The first-order chi connectivity index (χ1) is 12.2. The van der Waals surface area contributed by atoms with Crippen molar-refractivity contribution in [3.8, 4) is 0 Å². The topological polar surface area (TPSA) is 58.2 Å². The summed E-state index contributed by atoms with van der Waals surface area (Å²) in [5.74, 6) is -0.312. The van der Waals surface area contributed by atoms with E-state index in [1.165, 1.54) is 4.88 Å². The van der Waals surface area contributed by atoms with E-state index in [1.54, 1.807) is 11.3 Å². The maximum absolute atomic E-state index is 12.1. The Bertz CT molecular complexity index is 854. The van der Waals surface area contributed by atoms with Crippen molar-refractivity contribution < 1.29 is 9.59 Å². The van der Waals surface area contributed by atoms with Crippen LogP contribution in [0.4, 0.5) is 0 Å². The van der Waals surface area contributed by atoms with Crippen LogP contribution in [0.15, 0.2) is 60.0 Å². The van der Waals surface area contributed by atoms with Gasteiger partial charge in [-0.1, -0.05) is 48.5 Å². The predicted molar refractivity (Wildman–Crippen MR) is 102 cm³/mol. The lowest BCUT2D eigenvalue weighted by Crippen LogP contribution is -2.38. The minimum absolute atomic E-state index is 0.00798. The molecule has 0 saturated heterocycles. The first-order valence-corrected chi connectivity index (χ1v) is 9.13. The molecule has 2 amide bonds. The van der Waals surface area contributed by atoms with Crippen molar-refractivity contribution >= 4 is 33.9 Å². The van der Waals surface area contributed by atoms with Gasteiger partial charge in [-0.25, -0.2) is 0 Å². The Morgan fingerprint density at radius 2 is 1.72 bits per heavy atom. The molecule has 25 heavy (non-hydrogen) atoms. The zero-order valence-electron chi connectivity index (χ0n) is 13.8. The van der Waals surface area contributed by atoms with E-state index in [9.17, 15) is 9.59 Å². The van der Waals surface area contributed by atoms with Gasteiger partial charge in [0.2, 0.25) is 11.8 Å². The van der Waals surface area contributed by atoms with Gasteiger partial charge in [0.05, 0.1) is 13.0 Å². The van der Waals surface area contributed by atoms with Crippen molar-refractivity contribution in [2.75, 3.05) is 13.1 Å². The van der Waals surface area contributed by atoms with E-state index in [-0.39, 0.29) is 24.8 Å². The summed E-state index contributed by atoms with van der Waals surface area (Å²) < 4.78 is 0. The fraction of sp³-hybridized carbons (Fsp3) is 0.200. The summed E-state index contributed by atoms with van der Waals surface area (Å²) in [6.45, 7) is 0.590. The number of rotatable bonds is 7. The van der Waals surface area contributed by atoms with Crippen LogP contribution in [0.1, 0.15) is 10.4 Å². The van der Waals surface area contributed by atoms with Crippen LogP contribution in [-0.2, 0) is 22.4 Å². The summed E-state index contributed by atoms with van der Waals surface area (Å²) in [6.07, 6.45) is 1.08. The van der Waals surface area contributed by atoms with E-state index in [0.29, 0.717) is 6.54 Å². The number of fused-ring (bicyclic) bond motifs is 1. The van der Waals surface area contributed by atoms with Crippen LogP contribution in [0, 0.1) is 0 Å². The van der Waals surface area contributed by atoms with Crippen molar-refractivity contribution in [1.82, 2.24) is 10.6 Å². The van der Waals surface area contributed by atoms with Crippen molar-refractivity contribution in [3.63, 3.8) is 0 Å². The molecular formula is C20H20N2O2S. The van der Waals surface area contributed by atoms with Gasteiger partial charge in [0.15, 0.2) is 0 Å². The first kappa shape index (κ1) is 17.2. The molecule has 0 bridgehead atoms. The van der Waals surface area contributed by atoms with Crippen LogP contribution in [0.2, 0.25) is 0 Å². The number of carbonyl (C=O) groups is 2. The van der Waals surface area contributed by atoms with E-state index in [1.807, 2.05) is 60.0 Å². The lowest BCUT2D eigenvalue weighted by Gasteiger charge is -2.08. The molecule has 3 rings (SSSR count). The maximum atomic E-state index is 12.1. The van der Waals surface area contributed by atoms with Crippen molar-refractivity contribution in [1.29, 1.82) is 0 Å². The minimum atomic E-state index is -0.164. The van der Waals surface area contributed by atoms with Gasteiger partial charge in [-0.05, 0) is 34.2 Å². The SMILES string of the molecule is O=C(CNC(=O)Cc1cccc2ccccc12)NCCc1cccs1. The average molecular weight is 352 g/mol. The number of thiophene rings is 1. The van der Waals surface area contributed by atoms with Crippen LogP contribution in [0.25, 0.3) is 10.8 Å². The molecule has 4 nitrogen and oxygen atoms in total. The molecule has 0 radical (unpaired) electrons. The fourth-order valence-electron chi connectivity index (χ4n) is 2.70. The van der Waals surface area contributed by atoms with E-state index in [4.69, 9.17) is 0 Å². The Labute approximate surface area is 150 Å². The van der Waals surface area contributed by atoms with Gasteiger partial charge in [0, 0.05) is 11.4 Å². The van der Waals surface area contributed by atoms with Crippen molar-refractivity contribution in [3.05, 3.63) is 70.4 Å². The highest BCUT2D eigenvalue weighted by atomic mass is 32.1. The highest BCUT2D eigenvalue weighted by Gasteiger charge is 2.08. The molecule has 0 saturated carbocycles. The molecule has 0 aliphatic carbocycles. The molecule has 3 aromatic rings. The van der Waals surface area contributed by atoms with Crippen LogP contribution in [0.5, 0.6) is 0 Å². The Morgan fingerprint density at radius 1 is 0.880 bits per heavy atom. The molecule has 0 aliphatic rings. The maximum Gasteiger partial charge on any atom is 0.239 e. The zero-order valence-corrected chi connectivity index (χ0v) is 14.6. The van der Waals surface area contributed by atoms with Gasteiger partial charge >= 0.3 is 0 Å². The van der Waals surface area contributed by atoms with Gasteiger partial charge in [-0.3, -0.25) is 9.59 Å². The lowest BCUT2D eigenvalue weighted by molar-refractivity contribution is -0.125. The molecule has 1 aromatic heterocycles. The molecule has 0 fully saturated rings. The van der Waals surface area contributed by atoms with E-state index >= 15 is 0 Å². The predicted octanol–water partition coefficient (Wildman–Crippen LogP) is 2.92. The van der Waals surface area contributed by atoms with Crippen LogP contribution in [-0.4, -0.2) is 24.9 Å². The summed E-state index contributed by atoms with van der Waals surface area (Å²) in [4.78, 5) is 25.2. The Kier molecular flexibility index (Phi) is 5.80. The Balaban J connectivity index is 1.45. The van der Waals surface area contributed by atoms with E-state index < -0.39 is 0 Å². The molecule has 2 aromatic carbocycles. The molecule has 0 atom stereocenters. The average Bonchev–Trinajstić information content (AvgIpc) is 3.14. The second kappa shape index (κ2) is 8.44. The monoisotopic (exact) mass is 352 g/mol. The second-order valence-corrected chi connectivity index (χ2v) is 6.80. The molecule has 0 spiro atoms. The van der Waals surface area contributed by atoms with Gasteiger partial charge in [0.25, 0.3) is 0 Å². The molecule has 5 heteroatoms. The summed E-state index contributed by atoms with van der Waals surface area (Å²) in [6, 6.07) is 17.9. The lowest BCUT2D eigenvalue weighted by atomic mass is 10.0. The molecule has 0 aliphatic heterocycles. The van der Waals surface area contributed by atoms with Gasteiger partial charge in [0.1, 0.15) is 0 Å². The number of hydrogen-bond donors (Lipinski definition) is 2. The molecule has 2 N–H and O–H groups in total. The first-order valence-electron chi connectivity index (χ1n) is 8.25. The number of amides is 2. The summed E-state index contributed by atoms with van der Waals surface area (Å²) in [5, 5.41) is 9.71. The van der Waals surface area contributed by atoms with E-state index in [0.717, 1.165) is 22.8 Å². The summed E-state index contributed by atoms with van der Waals surface area (Å²) in [5.41, 5.74) is 0.966. The summed E-state index contributed by atoms with van der Waals surface area (Å²) >= 11 is 1.67. The van der Waals surface area contributed by atoms with Gasteiger partial charge in [-0.2, -0.15) is 0 Å². The third-order valence-corrected chi connectivity index (χ3v) is 4.89. The number of benzene rings is 2. The zero-order chi connectivity index (χ0) is 17.5. The third kappa shape index (κ3) is 4.90. The summed E-state index contributed by atoms with van der Waals surface area (Å²) in [7, 11) is 0. The highest BCUT2D eigenvalue weighted by Crippen LogP contribution is 2.18. The second-order valence-electron chi connectivity index (χ2n) is 5.77. The normalized spacial score (nSPS) is 10.6. The van der Waals surface area contributed by atoms with E-state index in [2.05, 4.69) is 10.6 Å². The van der Waals surface area contributed by atoms with Crippen LogP contribution >= 0.6 is 11.3 Å². The molecule has 128 valence electrons. The smallest absolute Gasteiger partial charge is 0.239 e. The van der Waals surface area contributed by atoms with Gasteiger partial charge < -0.3 is 10.6 Å². The quantitative estimate of drug-likeness (QED) is 0.687. The minimum Gasteiger partial charge on any atom is -0.354 e. The highest BCUT2D eigenvalue weighted by molar-refractivity contribution is 7.09.